The number of ether oxygens (including phenoxy) is 4. The van der Waals surface area contributed by atoms with E-state index in [1.54, 1.807) is 12.3 Å². The summed E-state index contributed by atoms with van der Waals surface area (Å²) < 4.78 is 22.3. The number of carbonyl (C=O) groups excluding carboxylic acids is 1. The number of thioether (sulfide) groups is 1. The predicted octanol–water partition coefficient (Wildman–Crippen LogP) is 0.675. The van der Waals surface area contributed by atoms with Gasteiger partial charge >= 0.3 is 5.97 Å². The van der Waals surface area contributed by atoms with Crippen molar-refractivity contribution < 1.29 is 23.7 Å². The van der Waals surface area contributed by atoms with E-state index in [2.05, 4.69) is 9.97 Å². The van der Waals surface area contributed by atoms with Crippen LogP contribution in [0.5, 0.6) is 5.88 Å². The summed E-state index contributed by atoms with van der Waals surface area (Å²) in [6.45, 7) is 2.08. The van der Waals surface area contributed by atoms with Crippen molar-refractivity contribution in [1.29, 1.82) is 0 Å². The van der Waals surface area contributed by atoms with E-state index in [-0.39, 0.29) is 30.4 Å². The fourth-order valence-corrected chi connectivity index (χ4v) is 2.84. The molecule has 0 radical (unpaired) electrons. The van der Waals surface area contributed by atoms with Gasteiger partial charge in [0, 0.05) is 19.2 Å². The van der Waals surface area contributed by atoms with E-state index < -0.39 is 0 Å². The molecule has 3 rings (SSSR count). The molecule has 21 heavy (non-hydrogen) atoms. The van der Waals surface area contributed by atoms with Gasteiger partial charge in [0.25, 0.3) is 0 Å². The monoisotopic (exact) mass is 312 g/mol. The molecule has 3 heterocycles. The lowest BCUT2D eigenvalue weighted by Gasteiger charge is -2.17. The Labute approximate surface area is 126 Å². The molecule has 2 saturated heterocycles. The van der Waals surface area contributed by atoms with Crippen molar-refractivity contribution in [3.63, 3.8) is 0 Å². The van der Waals surface area contributed by atoms with Crippen LogP contribution >= 0.6 is 11.8 Å². The van der Waals surface area contributed by atoms with Gasteiger partial charge in [0.2, 0.25) is 5.88 Å². The summed E-state index contributed by atoms with van der Waals surface area (Å²) in [4.78, 5) is 19.4. The number of carbonyl (C=O) groups is 1. The van der Waals surface area contributed by atoms with E-state index in [1.807, 2.05) is 6.26 Å². The first-order valence-electron chi connectivity index (χ1n) is 6.61. The van der Waals surface area contributed by atoms with E-state index in [0.29, 0.717) is 24.3 Å². The molecular weight excluding hydrogens is 296 g/mol. The van der Waals surface area contributed by atoms with Crippen molar-refractivity contribution in [3.8, 4) is 5.88 Å². The average Bonchev–Trinajstić information content (AvgIpc) is 3.03. The molecule has 114 valence electrons. The van der Waals surface area contributed by atoms with Crippen LogP contribution in [-0.4, -0.2) is 59.8 Å². The van der Waals surface area contributed by atoms with Crippen LogP contribution in [-0.2, 0) is 19.0 Å². The molecule has 4 atom stereocenters. The number of fused-ring (bicyclic) bond motifs is 1. The Balaban J connectivity index is 1.64. The van der Waals surface area contributed by atoms with Gasteiger partial charge in [0.15, 0.2) is 17.4 Å². The number of hydrogen-bond donors (Lipinski definition) is 0. The second-order valence-electron chi connectivity index (χ2n) is 4.78. The topological polar surface area (TPSA) is 79.8 Å². The Kier molecular flexibility index (Phi) is 4.27. The first-order valence-corrected chi connectivity index (χ1v) is 7.84. The number of esters is 1. The minimum atomic E-state index is -0.367. The summed E-state index contributed by atoms with van der Waals surface area (Å²) >= 11 is 1.45. The van der Waals surface area contributed by atoms with Crippen molar-refractivity contribution >= 4 is 17.7 Å². The largest absolute Gasteiger partial charge is 0.469 e. The molecule has 0 saturated carbocycles. The van der Waals surface area contributed by atoms with Crippen LogP contribution in [0.2, 0.25) is 0 Å². The van der Waals surface area contributed by atoms with Crippen LogP contribution in [0.3, 0.4) is 0 Å². The Morgan fingerprint density at radius 2 is 2.05 bits per heavy atom. The first-order chi connectivity index (χ1) is 10.2. The van der Waals surface area contributed by atoms with Gasteiger partial charge in [-0.2, -0.15) is 4.98 Å². The molecular formula is C13H16N2O5S. The lowest BCUT2D eigenvalue weighted by molar-refractivity contribution is -0.150. The van der Waals surface area contributed by atoms with Crippen LogP contribution < -0.4 is 4.74 Å². The summed E-state index contributed by atoms with van der Waals surface area (Å²) in [6, 6.07) is 1.70. The third kappa shape index (κ3) is 3.12. The van der Waals surface area contributed by atoms with Gasteiger partial charge in [-0.25, -0.2) is 4.98 Å². The van der Waals surface area contributed by atoms with Crippen LogP contribution in [0.4, 0.5) is 0 Å². The Morgan fingerprint density at radius 1 is 1.33 bits per heavy atom. The van der Waals surface area contributed by atoms with Crippen LogP contribution in [0.15, 0.2) is 17.4 Å². The molecule has 0 aliphatic carbocycles. The number of hydrogen-bond acceptors (Lipinski definition) is 8. The molecule has 1 aromatic rings. The molecule has 0 bridgehead atoms. The zero-order valence-corrected chi connectivity index (χ0v) is 12.5. The summed E-state index contributed by atoms with van der Waals surface area (Å²) in [7, 11) is 0. The molecule has 0 aromatic carbocycles. The summed E-state index contributed by atoms with van der Waals surface area (Å²) in [5.41, 5.74) is 0. The normalized spacial score (nSPS) is 31.0. The van der Waals surface area contributed by atoms with Crippen molar-refractivity contribution in [2.75, 3.05) is 19.5 Å². The van der Waals surface area contributed by atoms with E-state index in [0.717, 1.165) is 0 Å². The summed E-state index contributed by atoms with van der Waals surface area (Å²) in [5.74, 6) is 0.153. The number of aromatic nitrogens is 2. The highest BCUT2D eigenvalue weighted by molar-refractivity contribution is 7.98. The van der Waals surface area contributed by atoms with Gasteiger partial charge < -0.3 is 18.9 Å². The van der Waals surface area contributed by atoms with Gasteiger partial charge in [0.05, 0.1) is 13.2 Å². The molecule has 1 aromatic heterocycles. The van der Waals surface area contributed by atoms with E-state index in [1.165, 1.54) is 18.7 Å². The van der Waals surface area contributed by atoms with Gasteiger partial charge in [0.1, 0.15) is 12.2 Å². The van der Waals surface area contributed by atoms with E-state index in [9.17, 15) is 4.79 Å². The fraction of sp³-hybridized carbons (Fsp3) is 0.615. The lowest BCUT2D eigenvalue weighted by atomic mass is 10.1. The zero-order chi connectivity index (χ0) is 14.8. The lowest BCUT2D eigenvalue weighted by Crippen LogP contribution is -2.36. The molecule has 2 aliphatic rings. The highest BCUT2D eigenvalue weighted by Gasteiger charge is 2.50. The summed E-state index contributed by atoms with van der Waals surface area (Å²) in [5, 5.41) is 0.646. The van der Waals surface area contributed by atoms with Crippen molar-refractivity contribution in [1.82, 2.24) is 9.97 Å². The molecule has 7 nitrogen and oxygen atoms in total. The second kappa shape index (κ2) is 6.17. The molecule has 2 aliphatic heterocycles. The van der Waals surface area contributed by atoms with Crippen LogP contribution in [0.25, 0.3) is 0 Å². The minimum Gasteiger partial charge on any atom is -0.469 e. The van der Waals surface area contributed by atoms with Crippen molar-refractivity contribution in [2.45, 2.75) is 36.5 Å². The molecule has 2 fully saturated rings. The van der Waals surface area contributed by atoms with Crippen molar-refractivity contribution in [3.05, 3.63) is 12.3 Å². The quantitative estimate of drug-likeness (QED) is 0.456. The Hall–Kier alpha value is -1.38. The van der Waals surface area contributed by atoms with Gasteiger partial charge in [-0.3, -0.25) is 4.79 Å². The molecule has 0 N–H and O–H groups in total. The fourth-order valence-electron chi connectivity index (χ4n) is 2.49. The van der Waals surface area contributed by atoms with Gasteiger partial charge in [-0.15, -0.1) is 0 Å². The SMILES string of the molecule is CSc1nccc(OC2CO[C@@H]3[C@@H](OC(C)=O)CO[C@H]23)n1. The molecule has 0 amide bonds. The third-order valence-electron chi connectivity index (χ3n) is 3.34. The van der Waals surface area contributed by atoms with Gasteiger partial charge in [-0.1, -0.05) is 11.8 Å². The molecule has 8 heteroatoms. The molecule has 1 unspecified atom stereocenters. The molecule has 0 spiro atoms. The zero-order valence-electron chi connectivity index (χ0n) is 11.7. The third-order valence-corrected chi connectivity index (χ3v) is 3.90. The van der Waals surface area contributed by atoms with Crippen LogP contribution in [0.1, 0.15) is 6.92 Å². The standard InChI is InChI=1S/C13H16N2O5S/c1-7(16)19-8-5-17-12-9(6-18-11(8)12)20-10-3-4-14-13(15-10)21-2/h3-4,8-9,11-12H,5-6H2,1-2H3/t8-,9?,11+,12+/m0/s1. The Morgan fingerprint density at radius 3 is 2.76 bits per heavy atom. The first kappa shape index (κ1) is 14.6. The van der Waals surface area contributed by atoms with Crippen molar-refractivity contribution in [2.24, 2.45) is 0 Å². The minimum absolute atomic E-state index is 0.248. The highest BCUT2D eigenvalue weighted by Crippen LogP contribution is 2.31. The maximum atomic E-state index is 11.0. The highest BCUT2D eigenvalue weighted by atomic mass is 32.2. The van der Waals surface area contributed by atoms with Crippen LogP contribution in [0, 0.1) is 0 Å². The number of rotatable bonds is 4. The maximum absolute atomic E-state index is 11.0. The maximum Gasteiger partial charge on any atom is 0.303 e. The Bertz CT molecular complexity index is 529. The predicted molar refractivity (Wildman–Crippen MR) is 73.3 cm³/mol. The average molecular weight is 312 g/mol. The van der Waals surface area contributed by atoms with Gasteiger partial charge in [-0.05, 0) is 6.26 Å². The van der Waals surface area contributed by atoms with E-state index in [4.69, 9.17) is 18.9 Å². The second-order valence-corrected chi connectivity index (χ2v) is 5.56. The van der Waals surface area contributed by atoms with E-state index >= 15 is 0 Å². The summed E-state index contributed by atoms with van der Waals surface area (Å²) in [6.07, 6.45) is 2.40. The number of nitrogens with zero attached hydrogens (tertiary/aromatic N) is 2. The smallest absolute Gasteiger partial charge is 0.303 e.